The number of rotatable bonds is 6. The highest BCUT2D eigenvalue weighted by atomic mass is 32.2. The number of hydrogen-bond donors (Lipinski definition) is 0. The van der Waals surface area contributed by atoms with E-state index in [1.807, 2.05) is 68.4 Å². The molecule has 1 fully saturated rings. The Labute approximate surface area is 189 Å². The van der Waals surface area contributed by atoms with Crippen LogP contribution in [-0.4, -0.2) is 42.9 Å². The number of ether oxygens (including phenoxy) is 1. The van der Waals surface area contributed by atoms with Gasteiger partial charge in [0.05, 0.1) is 11.5 Å². The Hall–Kier alpha value is -2.86. The number of benzene rings is 3. The van der Waals surface area contributed by atoms with Gasteiger partial charge in [0.2, 0.25) is 0 Å². The fourth-order valence-electron chi connectivity index (χ4n) is 4.51. The maximum atomic E-state index is 13.6. The van der Waals surface area contributed by atoms with Gasteiger partial charge in [-0.05, 0) is 66.8 Å². The Morgan fingerprint density at radius 3 is 2.44 bits per heavy atom. The molecule has 32 heavy (non-hydrogen) atoms. The van der Waals surface area contributed by atoms with Gasteiger partial charge in [-0.2, -0.15) is 0 Å². The van der Waals surface area contributed by atoms with Crippen molar-refractivity contribution in [3.05, 3.63) is 77.4 Å². The molecular formula is C26H29NO4S. The molecule has 168 valence electrons. The maximum Gasteiger partial charge on any atom is 0.263 e. The monoisotopic (exact) mass is 451 g/mol. The van der Waals surface area contributed by atoms with E-state index in [1.165, 1.54) is 0 Å². The number of fused-ring (bicyclic) bond motifs is 1. The zero-order valence-electron chi connectivity index (χ0n) is 18.7. The highest BCUT2D eigenvalue weighted by Crippen LogP contribution is 2.26. The minimum absolute atomic E-state index is 0.000219. The number of aryl methyl sites for hydroxylation is 2. The van der Waals surface area contributed by atoms with Crippen LogP contribution in [0, 0.1) is 13.8 Å². The summed E-state index contributed by atoms with van der Waals surface area (Å²) in [6, 6.07) is 19.6. The van der Waals surface area contributed by atoms with Gasteiger partial charge in [-0.1, -0.05) is 48.5 Å². The second-order valence-electron chi connectivity index (χ2n) is 8.74. The predicted octanol–water partition coefficient (Wildman–Crippen LogP) is 4.44. The van der Waals surface area contributed by atoms with Crippen molar-refractivity contribution in [2.45, 2.75) is 45.9 Å². The lowest BCUT2D eigenvalue weighted by atomic mass is 10.0. The van der Waals surface area contributed by atoms with E-state index in [0.717, 1.165) is 27.5 Å². The third kappa shape index (κ3) is 4.96. The van der Waals surface area contributed by atoms with E-state index < -0.39 is 15.9 Å². The normalized spacial score (nSPS) is 18.4. The molecule has 1 aliphatic rings. The quantitative estimate of drug-likeness (QED) is 0.556. The number of sulfone groups is 1. The van der Waals surface area contributed by atoms with Gasteiger partial charge in [-0.3, -0.25) is 4.79 Å². The second-order valence-corrected chi connectivity index (χ2v) is 11.0. The molecule has 0 aromatic heterocycles. The van der Waals surface area contributed by atoms with E-state index >= 15 is 0 Å². The summed E-state index contributed by atoms with van der Waals surface area (Å²) < 4.78 is 30.4. The minimum Gasteiger partial charge on any atom is -0.481 e. The SMILES string of the molecule is Cc1cc(C)cc(O[C@H](C)C(=O)N(Cc2cccc3ccccc23)[C@@H]2CCS(=O)(=O)C2)c1. The number of carbonyl (C=O) groups excluding carboxylic acids is 1. The van der Waals surface area contributed by atoms with Crippen molar-refractivity contribution in [2.75, 3.05) is 11.5 Å². The Morgan fingerprint density at radius 2 is 1.75 bits per heavy atom. The van der Waals surface area contributed by atoms with Crippen LogP contribution >= 0.6 is 0 Å². The van der Waals surface area contributed by atoms with Crippen molar-refractivity contribution in [3.63, 3.8) is 0 Å². The van der Waals surface area contributed by atoms with Crippen LogP contribution in [0.3, 0.4) is 0 Å². The molecule has 1 aliphatic heterocycles. The van der Waals surface area contributed by atoms with E-state index in [9.17, 15) is 13.2 Å². The topological polar surface area (TPSA) is 63.7 Å². The Bertz CT molecular complexity index is 1230. The summed E-state index contributed by atoms with van der Waals surface area (Å²) in [7, 11) is -3.14. The molecule has 0 saturated carbocycles. The summed E-state index contributed by atoms with van der Waals surface area (Å²) >= 11 is 0. The van der Waals surface area contributed by atoms with Crippen LogP contribution in [0.15, 0.2) is 60.7 Å². The fraction of sp³-hybridized carbons (Fsp3) is 0.346. The second kappa shape index (κ2) is 8.94. The predicted molar refractivity (Wildman–Crippen MR) is 128 cm³/mol. The zero-order chi connectivity index (χ0) is 22.9. The van der Waals surface area contributed by atoms with Gasteiger partial charge in [0.15, 0.2) is 15.9 Å². The fourth-order valence-corrected chi connectivity index (χ4v) is 6.24. The van der Waals surface area contributed by atoms with Gasteiger partial charge in [0.25, 0.3) is 5.91 Å². The Morgan fingerprint density at radius 1 is 1.06 bits per heavy atom. The number of nitrogens with zero attached hydrogens (tertiary/aromatic N) is 1. The molecule has 4 rings (SSSR count). The molecule has 1 heterocycles. The third-order valence-electron chi connectivity index (χ3n) is 6.01. The molecule has 2 atom stereocenters. The van der Waals surface area contributed by atoms with E-state index in [1.54, 1.807) is 11.8 Å². The smallest absolute Gasteiger partial charge is 0.263 e. The van der Waals surface area contributed by atoms with Gasteiger partial charge in [0.1, 0.15) is 5.75 Å². The minimum atomic E-state index is -3.14. The third-order valence-corrected chi connectivity index (χ3v) is 7.76. The van der Waals surface area contributed by atoms with Crippen LogP contribution in [0.5, 0.6) is 5.75 Å². The van der Waals surface area contributed by atoms with Crippen LogP contribution in [0.25, 0.3) is 10.8 Å². The summed E-state index contributed by atoms with van der Waals surface area (Å²) in [5, 5.41) is 2.16. The van der Waals surface area contributed by atoms with Crippen molar-refractivity contribution in [1.29, 1.82) is 0 Å². The standard InChI is InChI=1S/C26H29NO4S/c1-18-13-19(2)15-24(14-18)31-20(3)26(28)27(23-11-12-32(29,30)17-23)16-22-9-6-8-21-7-4-5-10-25(21)22/h4-10,13-15,20,23H,11-12,16-17H2,1-3H3/t20-,23-/m1/s1. The van der Waals surface area contributed by atoms with E-state index in [2.05, 4.69) is 6.07 Å². The Kier molecular flexibility index (Phi) is 6.24. The number of hydrogen-bond acceptors (Lipinski definition) is 4. The first-order valence-corrected chi connectivity index (χ1v) is 12.8. The molecule has 0 N–H and O–H groups in total. The Balaban J connectivity index is 1.63. The first kappa shape index (κ1) is 22.3. The summed E-state index contributed by atoms with van der Waals surface area (Å²) in [4.78, 5) is 15.3. The first-order chi connectivity index (χ1) is 15.2. The molecule has 0 bridgehead atoms. The van der Waals surface area contributed by atoms with Gasteiger partial charge in [0, 0.05) is 12.6 Å². The van der Waals surface area contributed by atoms with Crippen LogP contribution < -0.4 is 4.74 Å². The molecule has 3 aromatic rings. The summed E-state index contributed by atoms with van der Waals surface area (Å²) in [5.74, 6) is 0.565. The van der Waals surface area contributed by atoms with Crippen LogP contribution in [0.1, 0.15) is 30.0 Å². The van der Waals surface area contributed by atoms with Crippen LogP contribution in [-0.2, 0) is 21.2 Å². The van der Waals surface area contributed by atoms with Crippen molar-refractivity contribution >= 4 is 26.5 Å². The highest BCUT2D eigenvalue weighted by Gasteiger charge is 2.36. The van der Waals surface area contributed by atoms with Crippen molar-refractivity contribution in [2.24, 2.45) is 0 Å². The summed E-state index contributed by atoms with van der Waals surface area (Å²) in [6.45, 7) is 6.06. The molecule has 1 saturated heterocycles. The first-order valence-electron chi connectivity index (χ1n) is 10.9. The lowest BCUT2D eigenvalue weighted by Gasteiger charge is -2.31. The van der Waals surface area contributed by atoms with E-state index in [-0.39, 0.29) is 23.5 Å². The molecule has 0 spiro atoms. The average Bonchev–Trinajstić information content (AvgIpc) is 3.10. The average molecular weight is 452 g/mol. The molecular weight excluding hydrogens is 422 g/mol. The van der Waals surface area contributed by atoms with Gasteiger partial charge < -0.3 is 9.64 Å². The molecule has 0 unspecified atom stereocenters. The number of amides is 1. The lowest BCUT2D eigenvalue weighted by molar-refractivity contribution is -0.140. The zero-order valence-corrected chi connectivity index (χ0v) is 19.6. The largest absolute Gasteiger partial charge is 0.481 e. The molecule has 6 heteroatoms. The maximum absolute atomic E-state index is 13.6. The highest BCUT2D eigenvalue weighted by molar-refractivity contribution is 7.91. The van der Waals surface area contributed by atoms with E-state index in [4.69, 9.17) is 4.74 Å². The molecule has 5 nitrogen and oxygen atoms in total. The summed E-state index contributed by atoms with van der Waals surface area (Å²) in [6.07, 6.45) is -0.274. The molecule has 1 amide bonds. The van der Waals surface area contributed by atoms with Crippen LogP contribution in [0.4, 0.5) is 0 Å². The molecule has 3 aromatic carbocycles. The van der Waals surface area contributed by atoms with E-state index in [0.29, 0.717) is 18.7 Å². The summed E-state index contributed by atoms with van der Waals surface area (Å²) in [5.41, 5.74) is 3.13. The van der Waals surface area contributed by atoms with Gasteiger partial charge in [-0.15, -0.1) is 0 Å². The lowest BCUT2D eigenvalue weighted by Crippen LogP contribution is -2.46. The molecule has 0 radical (unpaired) electrons. The molecule has 0 aliphatic carbocycles. The number of carbonyl (C=O) groups is 1. The van der Waals surface area contributed by atoms with Crippen LogP contribution in [0.2, 0.25) is 0 Å². The van der Waals surface area contributed by atoms with Crippen molar-refractivity contribution in [3.8, 4) is 5.75 Å². The van der Waals surface area contributed by atoms with Gasteiger partial charge >= 0.3 is 0 Å². The van der Waals surface area contributed by atoms with Crippen molar-refractivity contribution < 1.29 is 17.9 Å². The van der Waals surface area contributed by atoms with Gasteiger partial charge in [-0.25, -0.2) is 8.42 Å². The van der Waals surface area contributed by atoms with Crippen molar-refractivity contribution in [1.82, 2.24) is 4.90 Å².